The number of ether oxygens (including phenoxy) is 1. The van der Waals surface area contributed by atoms with Gasteiger partial charge in [0.2, 0.25) is 0 Å². The van der Waals surface area contributed by atoms with Crippen LogP contribution in [-0.4, -0.2) is 17.7 Å². The van der Waals surface area contributed by atoms with Crippen molar-refractivity contribution in [2.75, 3.05) is 0 Å². The van der Waals surface area contributed by atoms with Crippen molar-refractivity contribution in [3.63, 3.8) is 0 Å². The molecule has 0 aromatic heterocycles. The number of carbonyl (C=O) groups is 1. The summed E-state index contributed by atoms with van der Waals surface area (Å²) >= 11 is 0. The lowest BCUT2D eigenvalue weighted by Crippen LogP contribution is -2.56. The Hall–Kier alpha value is -0.730. The summed E-state index contributed by atoms with van der Waals surface area (Å²) in [4.78, 5) is 12.1. The molecular weight excluding hydrogens is 238 g/mol. The zero-order valence-electron chi connectivity index (χ0n) is 12.4. The third-order valence-electron chi connectivity index (χ3n) is 5.73. The van der Waals surface area contributed by atoms with E-state index in [9.17, 15) is 4.79 Å². The number of alkyl carbamates (subject to hydrolysis) is 1. The summed E-state index contributed by atoms with van der Waals surface area (Å²) < 4.78 is 5.54. The molecule has 3 heteroatoms. The monoisotopic (exact) mass is 265 g/mol. The van der Waals surface area contributed by atoms with Crippen LogP contribution in [0, 0.1) is 23.7 Å². The molecule has 0 aromatic carbocycles. The topological polar surface area (TPSA) is 38.3 Å². The first-order valence-electron chi connectivity index (χ1n) is 7.96. The number of hydrogen-bond donors (Lipinski definition) is 1. The third kappa shape index (κ3) is 2.61. The Morgan fingerprint density at radius 2 is 1.63 bits per heavy atom. The van der Waals surface area contributed by atoms with Crippen LogP contribution < -0.4 is 5.32 Å². The maximum Gasteiger partial charge on any atom is 0.407 e. The number of nitrogens with one attached hydrogen (secondary N) is 1. The molecule has 4 aliphatic rings. The van der Waals surface area contributed by atoms with E-state index in [-0.39, 0.29) is 11.7 Å². The first-order chi connectivity index (χ1) is 8.97. The summed E-state index contributed by atoms with van der Waals surface area (Å²) in [6, 6.07) is 0.382. The molecule has 4 saturated carbocycles. The van der Waals surface area contributed by atoms with Crippen LogP contribution >= 0.6 is 0 Å². The molecule has 0 spiro atoms. The van der Waals surface area contributed by atoms with Gasteiger partial charge in [0.25, 0.3) is 0 Å². The molecule has 4 aliphatic carbocycles. The van der Waals surface area contributed by atoms with E-state index in [1.165, 1.54) is 32.1 Å². The first kappa shape index (κ1) is 13.3. The van der Waals surface area contributed by atoms with Crippen LogP contribution in [0.1, 0.15) is 59.3 Å². The molecule has 19 heavy (non-hydrogen) atoms. The molecule has 0 aromatic rings. The minimum atomic E-state index is -0.351. The van der Waals surface area contributed by atoms with Gasteiger partial charge in [-0.3, -0.25) is 0 Å². The smallest absolute Gasteiger partial charge is 0.407 e. The van der Waals surface area contributed by atoms with Crippen molar-refractivity contribution >= 4 is 6.09 Å². The van der Waals surface area contributed by atoms with E-state index in [4.69, 9.17) is 4.74 Å². The minimum Gasteiger partial charge on any atom is -0.444 e. The second kappa shape index (κ2) is 4.68. The molecule has 4 bridgehead atoms. The van der Waals surface area contributed by atoms with Gasteiger partial charge >= 0.3 is 6.09 Å². The largest absolute Gasteiger partial charge is 0.444 e. The van der Waals surface area contributed by atoms with Gasteiger partial charge in [-0.25, -0.2) is 4.79 Å². The van der Waals surface area contributed by atoms with Crippen LogP contribution in [-0.2, 0) is 4.74 Å². The van der Waals surface area contributed by atoms with Crippen LogP contribution in [0.15, 0.2) is 0 Å². The summed E-state index contributed by atoms with van der Waals surface area (Å²) in [6.45, 7) is 6.00. The molecule has 4 rings (SSSR count). The molecular formula is C16H27NO2. The van der Waals surface area contributed by atoms with Crippen molar-refractivity contribution in [3.8, 4) is 0 Å². The van der Waals surface area contributed by atoms with Gasteiger partial charge in [-0.15, -0.1) is 0 Å². The number of hydrogen-bond acceptors (Lipinski definition) is 2. The van der Waals surface area contributed by atoms with Crippen LogP contribution in [0.4, 0.5) is 4.79 Å². The Kier molecular flexibility index (Phi) is 3.26. The molecule has 0 atom stereocenters. The van der Waals surface area contributed by atoms with Gasteiger partial charge in [0.1, 0.15) is 5.60 Å². The lowest BCUT2D eigenvalue weighted by molar-refractivity contribution is -0.0223. The lowest BCUT2D eigenvalue weighted by atomic mass is 9.54. The predicted molar refractivity (Wildman–Crippen MR) is 74.8 cm³/mol. The minimum absolute atomic E-state index is 0.204. The quantitative estimate of drug-likeness (QED) is 0.844. The Labute approximate surface area is 116 Å². The van der Waals surface area contributed by atoms with Gasteiger partial charge in [-0.2, -0.15) is 0 Å². The lowest BCUT2D eigenvalue weighted by Gasteiger charge is -2.54. The number of amides is 1. The maximum absolute atomic E-state index is 12.1. The highest BCUT2D eigenvalue weighted by molar-refractivity contribution is 5.68. The van der Waals surface area contributed by atoms with Gasteiger partial charge in [-0.1, -0.05) is 6.92 Å². The van der Waals surface area contributed by atoms with E-state index in [2.05, 4.69) is 12.2 Å². The van der Waals surface area contributed by atoms with Crippen LogP contribution in [0.25, 0.3) is 0 Å². The fourth-order valence-electron chi connectivity index (χ4n) is 4.65. The van der Waals surface area contributed by atoms with Gasteiger partial charge < -0.3 is 10.1 Å². The molecule has 1 amide bonds. The maximum atomic E-state index is 12.1. The average molecular weight is 265 g/mol. The fraction of sp³-hybridized carbons (Fsp3) is 0.938. The molecule has 0 radical (unpaired) electrons. The van der Waals surface area contributed by atoms with E-state index in [1.807, 2.05) is 13.8 Å². The predicted octanol–water partition coefficient (Wildman–Crippen LogP) is 3.73. The highest BCUT2D eigenvalue weighted by Gasteiger charge is 2.48. The van der Waals surface area contributed by atoms with E-state index in [0.29, 0.717) is 17.9 Å². The fourth-order valence-corrected chi connectivity index (χ4v) is 4.65. The first-order valence-corrected chi connectivity index (χ1v) is 7.96. The summed E-state index contributed by atoms with van der Waals surface area (Å²) in [6.07, 6.45) is 7.41. The second-order valence-corrected chi connectivity index (χ2v) is 7.60. The van der Waals surface area contributed by atoms with Gasteiger partial charge in [-0.05, 0) is 76.0 Å². The summed E-state index contributed by atoms with van der Waals surface area (Å²) in [5.41, 5.74) is -0.351. The van der Waals surface area contributed by atoms with Crippen molar-refractivity contribution in [3.05, 3.63) is 0 Å². The zero-order chi connectivity index (χ0) is 13.6. The van der Waals surface area contributed by atoms with E-state index in [0.717, 1.165) is 18.3 Å². The molecule has 0 unspecified atom stereocenters. The number of rotatable bonds is 3. The van der Waals surface area contributed by atoms with E-state index in [1.54, 1.807) is 0 Å². The SMILES string of the molecule is CCC(C)(C)OC(=O)NC1C2CC3CC(C2)CC1C3. The molecule has 108 valence electrons. The average Bonchev–Trinajstić information content (AvgIpc) is 2.32. The summed E-state index contributed by atoms with van der Waals surface area (Å²) in [5, 5.41) is 3.19. The summed E-state index contributed by atoms with van der Waals surface area (Å²) in [5.74, 6) is 3.33. The highest BCUT2D eigenvalue weighted by Crippen LogP contribution is 2.53. The number of carbonyl (C=O) groups excluding carboxylic acids is 1. The Morgan fingerprint density at radius 3 is 2.11 bits per heavy atom. The van der Waals surface area contributed by atoms with Crippen LogP contribution in [0.2, 0.25) is 0 Å². The Bertz CT molecular complexity index is 336. The van der Waals surface area contributed by atoms with Crippen LogP contribution in [0.5, 0.6) is 0 Å². The van der Waals surface area contributed by atoms with Crippen molar-refractivity contribution in [2.24, 2.45) is 23.7 Å². The van der Waals surface area contributed by atoms with Crippen molar-refractivity contribution < 1.29 is 9.53 Å². The van der Waals surface area contributed by atoms with Crippen molar-refractivity contribution in [2.45, 2.75) is 70.9 Å². The zero-order valence-corrected chi connectivity index (χ0v) is 12.4. The standard InChI is InChI=1S/C16H27NO2/c1-4-16(2,3)19-15(18)17-14-12-6-10-5-11(8-12)9-13(14)7-10/h10-14H,4-9H2,1-3H3,(H,17,18). The Morgan fingerprint density at radius 1 is 1.11 bits per heavy atom. The second-order valence-electron chi connectivity index (χ2n) is 7.60. The highest BCUT2D eigenvalue weighted by atomic mass is 16.6. The van der Waals surface area contributed by atoms with Gasteiger partial charge in [0.15, 0.2) is 0 Å². The Balaban J connectivity index is 1.60. The van der Waals surface area contributed by atoms with Gasteiger partial charge in [0, 0.05) is 6.04 Å². The van der Waals surface area contributed by atoms with Crippen molar-refractivity contribution in [1.29, 1.82) is 0 Å². The summed E-state index contributed by atoms with van der Waals surface area (Å²) in [7, 11) is 0. The molecule has 0 aliphatic heterocycles. The van der Waals surface area contributed by atoms with Crippen molar-refractivity contribution in [1.82, 2.24) is 5.32 Å². The molecule has 1 N–H and O–H groups in total. The van der Waals surface area contributed by atoms with Crippen LogP contribution in [0.3, 0.4) is 0 Å². The normalized spacial score (nSPS) is 40.3. The molecule has 3 nitrogen and oxygen atoms in total. The van der Waals surface area contributed by atoms with Gasteiger partial charge in [0.05, 0.1) is 0 Å². The molecule has 4 fully saturated rings. The molecule has 0 saturated heterocycles. The molecule has 0 heterocycles. The third-order valence-corrected chi connectivity index (χ3v) is 5.73. The van der Waals surface area contributed by atoms with E-state index < -0.39 is 0 Å². The van der Waals surface area contributed by atoms with E-state index >= 15 is 0 Å².